The van der Waals surface area contributed by atoms with Gasteiger partial charge >= 0.3 is 6.09 Å². The second-order valence-corrected chi connectivity index (χ2v) is 14.4. The number of fused-ring (bicyclic) bond motifs is 1. The minimum absolute atomic E-state index is 0.144. The van der Waals surface area contributed by atoms with Gasteiger partial charge in [-0.05, 0) is 62.7 Å². The van der Waals surface area contributed by atoms with Crippen molar-refractivity contribution in [2.45, 2.75) is 51.1 Å². The van der Waals surface area contributed by atoms with Crippen LogP contribution in [-0.4, -0.2) is 84.4 Å². The fraction of sp³-hybridized carbons (Fsp3) is 0.429. The lowest BCUT2D eigenvalue weighted by molar-refractivity contribution is -0.131. The summed E-state index contributed by atoms with van der Waals surface area (Å²) in [4.78, 5) is 29.0. The van der Waals surface area contributed by atoms with E-state index in [2.05, 4.69) is 32.1 Å². The number of benzene rings is 2. The molecule has 2 aromatic rings. The minimum Gasteiger partial charge on any atom is -0.444 e. The Labute approximate surface area is 240 Å². The molecule has 0 radical (unpaired) electrons. The highest BCUT2D eigenvalue weighted by atomic mass is 127. The highest BCUT2D eigenvalue weighted by Crippen LogP contribution is 2.22. The largest absolute Gasteiger partial charge is 0.444 e. The van der Waals surface area contributed by atoms with Gasteiger partial charge in [-0.25, -0.2) is 4.79 Å². The van der Waals surface area contributed by atoms with Crippen molar-refractivity contribution in [1.29, 1.82) is 0 Å². The number of aliphatic hydroxyl groups is 1. The number of likely N-dealkylation sites (N-methyl/N-ethyl adjacent to an activating group) is 3. The first-order chi connectivity index (χ1) is 17.5. The molecule has 3 atom stereocenters. The van der Waals surface area contributed by atoms with Crippen LogP contribution in [0, 0.1) is 0 Å². The summed E-state index contributed by atoms with van der Waals surface area (Å²) >= 11 is -0.528. The summed E-state index contributed by atoms with van der Waals surface area (Å²) in [5.41, 5.74) is 0.303. The van der Waals surface area contributed by atoms with E-state index in [0.717, 1.165) is 16.3 Å². The number of alkyl halides is 1. The zero-order chi connectivity index (χ0) is 27.6. The molecule has 7 nitrogen and oxygen atoms in total. The van der Waals surface area contributed by atoms with Crippen LogP contribution in [0.1, 0.15) is 26.3 Å². The predicted molar refractivity (Wildman–Crippen MR) is 172 cm³/mol. The number of hydrogen-bond acceptors (Lipinski definition) is 5. The molecule has 0 saturated heterocycles. The highest BCUT2D eigenvalue weighted by molar-refractivity contribution is 14.2. The third kappa shape index (κ3) is 9.84. The van der Waals surface area contributed by atoms with Gasteiger partial charge in [-0.15, -0.1) is 20.7 Å². The van der Waals surface area contributed by atoms with Crippen LogP contribution in [0.5, 0.6) is 0 Å². The molecule has 0 aliphatic heterocycles. The van der Waals surface area contributed by atoms with Crippen molar-refractivity contribution in [3.63, 3.8) is 0 Å². The maximum atomic E-state index is 13.0. The Morgan fingerprint density at radius 3 is 2.43 bits per heavy atom. The van der Waals surface area contributed by atoms with E-state index in [1.54, 1.807) is 26.0 Å². The van der Waals surface area contributed by atoms with Crippen molar-refractivity contribution in [2.75, 3.05) is 25.6 Å². The van der Waals surface area contributed by atoms with Crippen molar-refractivity contribution in [1.82, 2.24) is 15.1 Å². The molecule has 37 heavy (non-hydrogen) atoms. The van der Waals surface area contributed by atoms with Crippen LogP contribution in [0.4, 0.5) is 4.79 Å². The molecule has 0 spiro atoms. The third-order valence-corrected chi connectivity index (χ3v) is 10.6. The molecule has 2 amide bonds. The Bertz CT molecular complexity index is 1130. The van der Waals surface area contributed by atoms with Gasteiger partial charge in [-0.1, -0.05) is 69.8 Å². The van der Waals surface area contributed by atoms with Crippen molar-refractivity contribution >= 4 is 72.3 Å². The molecule has 0 bridgehead atoms. The number of hydrogen-bond donors (Lipinski definition) is 2. The molecule has 0 fully saturated rings. The van der Waals surface area contributed by atoms with Crippen molar-refractivity contribution in [2.24, 2.45) is 0 Å². The first kappa shape index (κ1) is 31.5. The third-order valence-electron chi connectivity index (χ3n) is 5.77. The lowest BCUT2D eigenvalue weighted by Gasteiger charge is -2.39. The zero-order valence-electron chi connectivity index (χ0n) is 22.4. The summed E-state index contributed by atoms with van der Waals surface area (Å²) in [5.74, 6) is -0.155. The molecule has 0 aliphatic rings. The number of ether oxygens (including phenoxy) is 1. The summed E-state index contributed by atoms with van der Waals surface area (Å²) in [6, 6.07) is 13.0. The van der Waals surface area contributed by atoms with Gasteiger partial charge in [-0.2, -0.15) is 0 Å². The Balaban J connectivity index is 2.39. The van der Waals surface area contributed by atoms with Crippen LogP contribution in [0.25, 0.3) is 10.8 Å². The second-order valence-electron chi connectivity index (χ2n) is 9.59. The highest BCUT2D eigenvalue weighted by Gasteiger charge is 2.36. The van der Waals surface area contributed by atoms with Crippen LogP contribution >= 0.6 is 41.5 Å². The summed E-state index contributed by atoms with van der Waals surface area (Å²) in [6.07, 6.45) is -1.23. The number of aliphatic hydroxyl groups excluding tert-OH is 1. The summed E-state index contributed by atoms with van der Waals surface area (Å²) in [6.45, 7) is 9.21. The molecule has 0 saturated carbocycles. The van der Waals surface area contributed by atoms with Gasteiger partial charge in [0.25, 0.3) is 0 Å². The molecule has 1 unspecified atom stereocenters. The Kier molecular flexibility index (Phi) is 12.8. The molecule has 9 heteroatoms. The predicted octanol–water partition coefficient (Wildman–Crippen LogP) is 4.67. The maximum Gasteiger partial charge on any atom is 0.410 e. The number of carbonyl (C=O) groups is 2. The quantitative estimate of drug-likeness (QED) is 0.199. The second kappa shape index (κ2) is 15.0. The van der Waals surface area contributed by atoms with E-state index in [9.17, 15) is 14.7 Å². The number of amides is 2. The smallest absolute Gasteiger partial charge is 0.410 e. The fourth-order valence-corrected chi connectivity index (χ4v) is 8.54. The number of nitrogens with zero attached hydrogens (tertiary/aromatic N) is 2. The summed E-state index contributed by atoms with van der Waals surface area (Å²) < 4.78 is 12.5. The van der Waals surface area contributed by atoms with Crippen LogP contribution in [0.15, 0.2) is 53.1 Å². The van der Waals surface area contributed by atoms with Gasteiger partial charge in [-0.3, -0.25) is 9.69 Å². The minimum atomic E-state index is -1.10. The molecule has 2 aromatic carbocycles. The Morgan fingerprint density at radius 1 is 1.14 bits per heavy atom. The Hall–Kier alpha value is -1.70. The zero-order valence-corrected chi connectivity index (χ0v) is 26.8. The van der Waals surface area contributed by atoms with Crippen LogP contribution in [0.2, 0.25) is 0 Å². The topological polar surface area (TPSA) is 82.1 Å². The molecule has 0 heterocycles. The fourth-order valence-electron chi connectivity index (χ4n) is 3.75. The normalized spacial score (nSPS) is 15.0. The molecule has 204 valence electrons. The van der Waals surface area contributed by atoms with Gasteiger partial charge in [0, 0.05) is 18.5 Å². The number of nitrogens with one attached hydrogen (secondary N) is 1. The average molecular weight is 735 g/mol. The molecular weight excluding hydrogens is 696 g/mol. The van der Waals surface area contributed by atoms with Gasteiger partial charge in [0.1, 0.15) is 11.8 Å². The number of rotatable bonds is 11. The Morgan fingerprint density at radius 2 is 1.81 bits per heavy atom. The van der Waals surface area contributed by atoms with E-state index >= 15 is 0 Å². The maximum absolute atomic E-state index is 13.0. The molecule has 2 N–H and O–H groups in total. The lowest BCUT2D eigenvalue weighted by atomic mass is 9.99. The van der Waals surface area contributed by atoms with E-state index in [1.165, 1.54) is 4.90 Å². The van der Waals surface area contributed by atoms with E-state index in [0.29, 0.717) is 10.8 Å². The summed E-state index contributed by atoms with van der Waals surface area (Å²) in [5, 5.41) is 16.5. The van der Waals surface area contributed by atoms with Gasteiger partial charge in [0.05, 0.1) is 12.1 Å². The van der Waals surface area contributed by atoms with Gasteiger partial charge in [0.2, 0.25) is 5.91 Å². The summed E-state index contributed by atoms with van der Waals surface area (Å²) in [7, 11) is 4.98. The van der Waals surface area contributed by atoms with Crippen LogP contribution in [0.3, 0.4) is 0 Å². The number of carbonyl (C=O) groups excluding carboxylic acids is 2. The van der Waals surface area contributed by atoms with E-state index in [1.807, 2.05) is 55.2 Å². The van der Waals surface area contributed by atoms with E-state index < -0.39 is 30.0 Å². The molecular formula is C28H39I2N3O4. The molecule has 0 aliphatic carbocycles. The monoisotopic (exact) mass is 735 g/mol. The van der Waals surface area contributed by atoms with Crippen molar-refractivity contribution < 1.29 is 19.4 Å². The molecule has 0 aromatic heterocycles. The molecule has 2 rings (SSSR count). The van der Waals surface area contributed by atoms with E-state index in [4.69, 9.17) is 4.74 Å². The SMILES string of the molecule is C=CI=CC=ICC(C(=O)NC)N(C)[C@@H](O)[C@@H](Cc1ccc2ccccc2c1)N(C)C(=O)OC(C)(C)C. The first-order valence-electron chi connectivity index (χ1n) is 12.0. The lowest BCUT2D eigenvalue weighted by Crippen LogP contribution is -2.58. The standard InChI is InChI=1S/C28H39I2N3O4/c1-8-29-15-16-30-19-24(25(34)31-5)32(6)26(35)23(33(7)27(36)37-28(2,3)4)18-20-13-14-21-11-9-10-12-22(21)17-20/h8-17,23-24,26,35H,1,18-19H2,2-7H3,(H,31,34)/t23-,24?,26+/m1/s1. The first-order valence-corrected chi connectivity index (χ1v) is 17.3. The van der Waals surface area contributed by atoms with Crippen LogP contribution in [-0.2, 0) is 16.0 Å². The van der Waals surface area contributed by atoms with E-state index in [-0.39, 0.29) is 47.4 Å². The van der Waals surface area contributed by atoms with Crippen molar-refractivity contribution in [3.8, 4) is 0 Å². The van der Waals surface area contributed by atoms with Crippen molar-refractivity contribution in [3.05, 3.63) is 58.7 Å². The van der Waals surface area contributed by atoms with Crippen LogP contribution < -0.4 is 5.32 Å². The average Bonchev–Trinajstić information content (AvgIpc) is 2.86. The van der Waals surface area contributed by atoms with Gasteiger partial charge in [0.15, 0.2) is 0 Å². The van der Waals surface area contributed by atoms with Gasteiger partial charge < -0.3 is 20.1 Å². The number of halogens is 2.